The van der Waals surface area contributed by atoms with Gasteiger partial charge >= 0.3 is 0 Å². The van der Waals surface area contributed by atoms with Crippen LogP contribution in [-0.4, -0.2) is 19.5 Å². The zero-order valence-corrected chi connectivity index (χ0v) is 9.58. The molecule has 2 rings (SSSR count). The van der Waals surface area contributed by atoms with Gasteiger partial charge in [-0.25, -0.2) is 15.0 Å². The maximum Gasteiger partial charge on any atom is 0.146 e. The first-order valence-corrected chi connectivity index (χ1v) is 4.98. The van der Waals surface area contributed by atoms with Gasteiger partial charge in [0.2, 0.25) is 0 Å². The van der Waals surface area contributed by atoms with Crippen LogP contribution < -0.4 is 0 Å². The van der Waals surface area contributed by atoms with Gasteiger partial charge in [0.1, 0.15) is 22.6 Å². The lowest BCUT2D eigenvalue weighted by Crippen LogP contribution is -2.05. The first-order chi connectivity index (χ1) is 7.09. The maximum absolute atomic E-state index is 6.00. The third-order valence-electron chi connectivity index (χ3n) is 2.23. The predicted octanol–water partition coefficient (Wildman–Crippen LogP) is 2.24. The highest BCUT2D eigenvalue weighted by Gasteiger charge is 2.10. The van der Waals surface area contributed by atoms with Crippen LogP contribution in [0.1, 0.15) is 17.2 Å². The van der Waals surface area contributed by atoms with Crippen molar-refractivity contribution >= 4 is 11.6 Å². The Hall–Kier alpha value is -1.42. The topological polar surface area (TPSA) is 43.6 Å². The number of aryl methyl sites for hydroxylation is 2. The first-order valence-electron chi connectivity index (χ1n) is 4.60. The minimum atomic E-state index is 0.491. The summed E-state index contributed by atoms with van der Waals surface area (Å²) >= 11 is 6.00. The number of halogens is 1. The first kappa shape index (κ1) is 10.1. The van der Waals surface area contributed by atoms with Gasteiger partial charge in [-0.2, -0.15) is 0 Å². The van der Waals surface area contributed by atoms with Gasteiger partial charge in [0.05, 0.1) is 0 Å². The van der Waals surface area contributed by atoms with Crippen molar-refractivity contribution < 1.29 is 0 Å². The minimum Gasteiger partial charge on any atom is -0.288 e. The Balaban J connectivity index is 2.68. The summed E-state index contributed by atoms with van der Waals surface area (Å²) in [7, 11) is 0. The van der Waals surface area contributed by atoms with Gasteiger partial charge in [-0.15, -0.1) is 0 Å². The zero-order valence-electron chi connectivity index (χ0n) is 8.82. The molecule has 4 nitrogen and oxygen atoms in total. The molecule has 2 aromatic heterocycles. The molecule has 0 fully saturated rings. The van der Waals surface area contributed by atoms with E-state index in [4.69, 9.17) is 11.6 Å². The summed E-state index contributed by atoms with van der Waals surface area (Å²) < 4.78 is 1.90. The summed E-state index contributed by atoms with van der Waals surface area (Å²) in [5, 5.41) is 0.491. The standard InChI is InChI=1S/C10H11ClN4/c1-6-9(11)13-7(2)14-10(6)15-5-4-12-8(15)3/h4-5H,1-3H3. The van der Waals surface area contributed by atoms with E-state index in [1.54, 1.807) is 6.20 Å². The largest absolute Gasteiger partial charge is 0.288 e. The van der Waals surface area contributed by atoms with E-state index in [1.165, 1.54) is 0 Å². The molecule has 15 heavy (non-hydrogen) atoms. The highest BCUT2D eigenvalue weighted by atomic mass is 35.5. The Labute approximate surface area is 93.0 Å². The van der Waals surface area contributed by atoms with Crippen LogP contribution >= 0.6 is 11.6 Å². The summed E-state index contributed by atoms with van der Waals surface area (Å²) in [6.07, 6.45) is 3.60. The molecule has 0 aliphatic rings. The molecular weight excluding hydrogens is 212 g/mol. The fourth-order valence-corrected chi connectivity index (χ4v) is 1.62. The SMILES string of the molecule is Cc1nc(Cl)c(C)c(-n2ccnc2C)n1. The van der Waals surface area contributed by atoms with Gasteiger partial charge in [0.15, 0.2) is 0 Å². The van der Waals surface area contributed by atoms with Crippen molar-refractivity contribution in [2.45, 2.75) is 20.8 Å². The molecule has 0 amide bonds. The lowest BCUT2D eigenvalue weighted by atomic mass is 10.3. The van der Waals surface area contributed by atoms with Crippen molar-refractivity contribution in [3.8, 4) is 5.82 Å². The number of imidazole rings is 1. The third-order valence-corrected chi connectivity index (χ3v) is 2.59. The normalized spacial score (nSPS) is 10.7. The van der Waals surface area contributed by atoms with Crippen molar-refractivity contribution in [3.05, 3.63) is 34.8 Å². The highest BCUT2D eigenvalue weighted by molar-refractivity contribution is 6.30. The minimum absolute atomic E-state index is 0.491. The van der Waals surface area contributed by atoms with Crippen molar-refractivity contribution in [1.82, 2.24) is 19.5 Å². The Morgan fingerprint density at radius 3 is 2.53 bits per heavy atom. The fraction of sp³-hybridized carbons (Fsp3) is 0.300. The number of hydrogen-bond acceptors (Lipinski definition) is 3. The quantitative estimate of drug-likeness (QED) is 0.695. The van der Waals surface area contributed by atoms with Crippen LogP contribution in [0.5, 0.6) is 0 Å². The molecule has 78 valence electrons. The third kappa shape index (κ3) is 1.72. The monoisotopic (exact) mass is 222 g/mol. The Morgan fingerprint density at radius 2 is 1.93 bits per heavy atom. The summed E-state index contributed by atoms with van der Waals surface area (Å²) in [4.78, 5) is 12.6. The molecule has 0 saturated heterocycles. The van der Waals surface area contributed by atoms with E-state index in [1.807, 2.05) is 31.5 Å². The fourth-order valence-electron chi connectivity index (χ4n) is 1.42. The van der Waals surface area contributed by atoms with Gasteiger partial charge in [-0.1, -0.05) is 11.6 Å². The van der Waals surface area contributed by atoms with E-state index in [9.17, 15) is 0 Å². The van der Waals surface area contributed by atoms with Crippen molar-refractivity contribution in [2.24, 2.45) is 0 Å². The molecule has 0 radical (unpaired) electrons. The van der Waals surface area contributed by atoms with E-state index < -0.39 is 0 Å². The number of aromatic nitrogens is 4. The van der Waals surface area contributed by atoms with E-state index in [0.717, 1.165) is 17.2 Å². The molecule has 0 aliphatic carbocycles. The van der Waals surface area contributed by atoms with Crippen LogP contribution in [0, 0.1) is 20.8 Å². The number of hydrogen-bond donors (Lipinski definition) is 0. The van der Waals surface area contributed by atoms with Crippen molar-refractivity contribution in [3.63, 3.8) is 0 Å². The van der Waals surface area contributed by atoms with Gasteiger partial charge < -0.3 is 0 Å². The van der Waals surface area contributed by atoms with Gasteiger partial charge in [-0.3, -0.25) is 4.57 Å². The van der Waals surface area contributed by atoms with E-state index in [0.29, 0.717) is 11.0 Å². The molecule has 0 atom stereocenters. The van der Waals surface area contributed by atoms with Gasteiger partial charge in [0.25, 0.3) is 0 Å². The van der Waals surface area contributed by atoms with Crippen LogP contribution in [0.2, 0.25) is 5.15 Å². The molecule has 0 N–H and O–H groups in total. The lowest BCUT2D eigenvalue weighted by Gasteiger charge is -2.09. The Morgan fingerprint density at radius 1 is 1.20 bits per heavy atom. The van der Waals surface area contributed by atoms with Gasteiger partial charge in [-0.05, 0) is 20.8 Å². The maximum atomic E-state index is 6.00. The van der Waals surface area contributed by atoms with E-state index in [-0.39, 0.29) is 0 Å². The van der Waals surface area contributed by atoms with Crippen LogP contribution in [0.3, 0.4) is 0 Å². The van der Waals surface area contributed by atoms with Crippen LogP contribution in [0.4, 0.5) is 0 Å². The average Bonchev–Trinajstić information content (AvgIpc) is 2.58. The smallest absolute Gasteiger partial charge is 0.146 e. The summed E-state index contributed by atoms with van der Waals surface area (Å²) in [6.45, 7) is 5.64. The van der Waals surface area contributed by atoms with Crippen LogP contribution in [0.25, 0.3) is 5.82 Å². The van der Waals surface area contributed by atoms with Crippen molar-refractivity contribution in [1.29, 1.82) is 0 Å². The van der Waals surface area contributed by atoms with Crippen LogP contribution in [-0.2, 0) is 0 Å². The molecule has 0 aromatic carbocycles. The van der Waals surface area contributed by atoms with Crippen molar-refractivity contribution in [2.75, 3.05) is 0 Å². The Bertz CT molecular complexity index is 504. The highest BCUT2D eigenvalue weighted by Crippen LogP contribution is 2.19. The predicted molar refractivity (Wildman–Crippen MR) is 58.4 cm³/mol. The zero-order chi connectivity index (χ0) is 11.0. The summed E-state index contributed by atoms with van der Waals surface area (Å²) in [6, 6.07) is 0. The molecule has 0 saturated carbocycles. The van der Waals surface area contributed by atoms with Gasteiger partial charge in [0, 0.05) is 18.0 Å². The number of nitrogens with zero attached hydrogens (tertiary/aromatic N) is 4. The second-order valence-corrected chi connectivity index (χ2v) is 3.71. The average molecular weight is 223 g/mol. The van der Waals surface area contributed by atoms with E-state index in [2.05, 4.69) is 15.0 Å². The molecule has 0 bridgehead atoms. The molecule has 2 aromatic rings. The second-order valence-electron chi connectivity index (χ2n) is 3.35. The second kappa shape index (κ2) is 3.62. The lowest BCUT2D eigenvalue weighted by molar-refractivity contribution is 0.885. The van der Waals surface area contributed by atoms with E-state index >= 15 is 0 Å². The molecule has 5 heteroatoms. The number of rotatable bonds is 1. The Kier molecular flexibility index (Phi) is 2.44. The molecular formula is C10H11ClN4. The molecule has 2 heterocycles. The molecule has 0 aliphatic heterocycles. The summed E-state index contributed by atoms with van der Waals surface area (Å²) in [5.41, 5.74) is 0.864. The van der Waals surface area contributed by atoms with Crippen LogP contribution in [0.15, 0.2) is 12.4 Å². The summed E-state index contributed by atoms with van der Waals surface area (Å²) in [5.74, 6) is 2.34. The molecule has 0 spiro atoms. The molecule has 0 unspecified atom stereocenters.